The first-order valence-electron chi connectivity index (χ1n) is 9.59. The lowest BCUT2D eigenvalue weighted by molar-refractivity contribution is -0.111. The number of pyridine rings is 1. The summed E-state index contributed by atoms with van der Waals surface area (Å²) >= 11 is 12.2. The van der Waals surface area contributed by atoms with Crippen LogP contribution in [0.25, 0.3) is 17.4 Å². The molecule has 0 saturated heterocycles. The molecule has 0 saturated carbocycles. The molecule has 0 spiro atoms. The molecule has 0 fully saturated rings. The average Bonchev–Trinajstić information content (AvgIpc) is 3.23. The Kier molecular flexibility index (Phi) is 6.51. The topological polar surface area (TPSA) is 55.1 Å². The van der Waals surface area contributed by atoms with Crippen molar-refractivity contribution >= 4 is 40.9 Å². The summed E-state index contributed by atoms with van der Waals surface area (Å²) in [7, 11) is 0. The van der Waals surface area contributed by atoms with Gasteiger partial charge in [0.25, 0.3) is 0 Å². The van der Waals surface area contributed by atoms with Crippen molar-refractivity contribution in [2.45, 2.75) is 6.42 Å². The third-order valence-electron chi connectivity index (χ3n) is 4.60. The molecule has 6 heteroatoms. The van der Waals surface area contributed by atoms with E-state index in [-0.39, 0.29) is 5.91 Å². The van der Waals surface area contributed by atoms with Crippen LogP contribution in [0.15, 0.2) is 89.6 Å². The van der Waals surface area contributed by atoms with Crippen molar-refractivity contribution in [3.63, 3.8) is 0 Å². The van der Waals surface area contributed by atoms with Crippen LogP contribution in [0, 0.1) is 0 Å². The van der Waals surface area contributed by atoms with Crippen LogP contribution in [0.5, 0.6) is 0 Å². The first-order valence-corrected chi connectivity index (χ1v) is 10.3. The quantitative estimate of drug-likeness (QED) is 0.326. The number of furan rings is 1. The van der Waals surface area contributed by atoms with Crippen LogP contribution < -0.4 is 5.32 Å². The summed E-state index contributed by atoms with van der Waals surface area (Å²) < 4.78 is 5.76. The molecular weight excluding hydrogens is 431 g/mol. The summed E-state index contributed by atoms with van der Waals surface area (Å²) in [5.41, 5.74) is 3.80. The van der Waals surface area contributed by atoms with Crippen LogP contribution in [0.1, 0.15) is 16.9 Å². The molecular formula is C25H18Cl2N2O2. The van der Waals surface area contributed by atoms with Gasteiger partial charge < -0.3 is 9.73 Å². The predicted molar refractivity (Wildman–Crippen MR) is 125 cm³/mol. The third-order valence-corrected chi connectivity index (χ3v) is 5.15. The van der Waals surface area contributed by atoms with E-state index in [9.17, 15) is 4.79 Å². The predicted octanol–water partition coefficient (Wildman–Crippen LogP) is 6.89. The number of hydrogen-bond acceptors (Lipinski definition) is 3. The van der Waals surface area contributed by atoms with Crippen LogP contribution in [-0.4, -0.2) is 10.9 Å². The second kappa shape index (κ2) is 9.65. The monoisotopic (exact) mass is 448 g/mol. The Morgan fingerprint density at radius 2 is 1.68 bits per heavy atom. The second-order valence-corrected chi connectivity index (χ2v) is 7.72. The van der Waals surface area contributed by atoms with Gasteiger partial charge in [-0.15, -0.1) is 0 Å². The van der Waals surface area contributed by atoms with Crippen LogP contribution >= 0.6 is 23.2 Å². The van der Waals surface area contributed by atoms with Crippen LogP contribution in [0.4, 0.5) is 5.69 Å². The molecule has 1 N–H and O–H groups in total. The standard InChI is InChI=1S/C25H18Cl2N2O2/c26-19-3-8-22(23(27)16-19)24-9-6-21(31-24)7-10-25(30)29-20-4-1-17(2-5-20)15-18-11-13-28-14-12-18/h1-14,16H,15H2,(H,29,30). The minimum atomic E-state index is -0.246. The summed E-state index contributed by atoms with van der Waals surface area (Å²) in [5, 5.41) is 3.90. The highest BCUT2D eigenvalue weighted by molar-refractivity contribution is 6.36. The number of hydrogen-bond donors (Lipinski definition) is 1. The molecule has 4 rings (SSSR count). The summed E-state index contributed by atoms with van der Waals surface area (Å²) in [6.45, 7) is 0. The van der Waals surface area contributed by atoms with Crippen LogP contribution in [0.2, 0.25) is 10.0 Å². The first kappa shape index (κ1) is 20.9. The zero-order valence-corrected chi connectivity index (χ0v) is 17.9. The van der Waals surface area contributed by atoms with E-state index < -0.39 is 0 Å². The number of benzene rings is 2. The van der Waals surface area contributed by atoms with Crippen LogP contribution in [0.3, 0.4) is 0 Å². The molecule has 1 amide bonds. The van der Waals surface area contributed by atoms with E-state index in [1.807, 2.05) is 36.4 Å². The van der Waals surface area contributed by atoms with E-state index in [4.69, 9.17) is 27.6 Å². The van der Waals surface area contributed by atoms with Gasteiger partial charge in [-0.25, -0.2) is 0 Å². The number of carbonyl (C=O) groups excluding carboxylic acids is 1. The molecule has 0 bridgehead atoms. The van der Waals surface area contributed by atoms with E-state index in [0.717, 1.165) is 23.2 Å². The summed E-state index contributed by atoms with van der Waals surface area (Å²) in [4.78, 5) is 16.3. The molecule has 0 aliphatic rings. The van der Waals surface area contributed by atoms with Crippen molar-refractivity contribution in [2.75, 3.05) is 5.32 Å². The van der Waals surface area contributed by atoms with E-state index in [1.54, 1.807) is 48.8 Å². The summed E-state index contributed by atoms with van der Waals surface area (Å²) in [5.74, 6) is 0.903. The highest BCUT2D eigenvalue weighted by Gasteiger charge is 2.08. The third kappa shape index (κ3) is 5.63. The Labute approximate surface area is 190 Å². The molecule has 0 unspecified atom stereocenters. The average molecular weight is 449 g/mol. The van der Waals surface area contributed by atoms with Gasteiger partial charge in [0, 0.05) is 34.7 Å². The van der Waals surface area contributed by atoms with Gasteiger partial charge in [0.05, 0.1) is 5.02 Å². The number of amides is 1. The lowest BCUT2D eigenvalue weighted by Crippen LogP contribution is -2.07. The van der Waals surface area contributed by atoms with Gasteiger partial charge in [0.1, 0.15) is 11.5 Å². The van der Waals surface area contributed by atoms with Crippen molar-refractivity contribution in [3.8, 4) is 11.3 Å². The maximum atomic E-state index is 12.2. The molecule has 0 radical (unpaired) electrons. The maximum Gasteiger partial charge on any atom is 0.248 e. The van der Waals surface area contributed by atoms with Gasteiger partial charge in [-0.05, 0) is 78.2 Å². The van der Waals surface area contributed by atoms with Gasteiger partial charge in [-0.2, -0.15) is 0 Å². The number of nitrogens with zero attached hydrogens (tertiary/aromatic N) is 1. The smallest absolute Gasteiger partial charge is 0.248 e. The summed E-state index contributed by atoms with van der Waals surface area (Å²) in [6.07, 6.45) is 7.41. The van der Waals surface area contributed by atoms with Crippen molar-refractivity contribution in [3.05, 3.63) is 112 Å². The van der Waals surface area contributed by atoms with Gasteiger partial charge in [-0.1, -0.05) is 35.3 Å². The highest BCUT2D eigenvalue weighted by Crippen LogP contribution is 2.31. The Morgan fingerprint density at radius 3 is 2.42 bits per heavy atom. The summed E-state index contributed by atoms with van der Waals surface area (Å²) in [6, 6.07) is 20.5. The van der Waals surface area contributed by atoms with E-state index in [0.29, 0.717) is 21.6 Å². The normalized spacial score (nSPS) is 11.0. The minimum absolute atomic E-state index is 0.246. The van der Waals surface area contributed by atoms with E-state index in [2.05, 4.69) is 10.3 Å². The Hall–Kier alpha value is -3.34. The van der Waals surface area contributed by atoms with E-state index in [1.165, 1.54) is 11.6 Å². The van der Waals surface area contributed by atoms with Crippen molar-refractivity contribution in [1.82, 2.24) is 4.98 Å². The fourth-order valence-corrected chi connectivity index (χ4v) is 3.56. The molecule has 154 valence electrons. The van der Waals surface area contributed by atoms with Crippen molar-refractivity contribution < 1.29 is 9.21 Å². The first-order chi connectivity index (χ1) is 15.1. The van der Waals surface area contributed by atoms with Gasteiger partial charge in [0.2, 0.25) is 5.91 Å². The lowest BCUT2D eigenvalue weighted by Gasteiger charge is -2.05. The zero-order valence-electron chi connectivity index (χ0n) is 16.4. The molecule has 2 heterocycles. The molecule has 2 aromatic heterocycles. The van der Waals surface area contributed by atoms with Crippen molar-refractivity contribution in [1.29, 1.82) is 0 Å². The van der Waals surface area contributed by atoms with E-state index >= 15 is 0 Å². The van der Waals surface area contributed by atoms with Gasteiger partial charge >= 0.3 is 0 Å². The molecule has 4 aromatic rings. The number of anilines is 1. The largest absolute Gasteiger partial charge is 0.457 e. The number of carbonyl (C=O) groups is 1. The minimum Gasteiger partial charge on any atom is -0.457 e. The highest BCUT2D eigenvalue weighted by atomic mass is 35.5. The molecule has 2 aromatic carbocycles. The molecule has 0 atom stereocenters. The SMILES string of the molecule is O=C(C=Cc1ccc(-c2ccc(Cl)cc2Cl)o1)Nc1ccc(Cc2ccncc2)cc1. The Balaban J connectivity index is 1.36. The number of halogens is 2. The van der Waals surface area contributed by atoms with Gasteiger partial charge in [0.15, 0.2) is 0 Å². The maximum absolute atomic E-state index is 12.2. The molecule has 31 heavy (non-hydrogen) atoms. The molecule has 0 aliphatic heterocycles. The number of aromatic nitrogens is 1. The van der Waals surface area contributed by atoms with Gasteiger partial charge in [-0.3, -0.25) is 9.78 Å². The fourth-order valence-electron chi connectivity index (χ4n) is 3.06. The van der Waals surface area contributed by atoms with Crippen molar-refractivity contribution in [2.24, 2.45) is 0 Å². The fraction of sp³-hybridized carbons (Fsp3) is 0.0400. The Bertz CT molecular complexity index is 1220. The number of rotatable bonds is 6. The molecule has 4 nitrogen and oxygen atoms in total. The molecule has 0 aliphatic carbocycles. The van der Waals surface area contributed by atoms with Crippen LogP contribution in [-0.2, 0) is 11.2 Å². The lowest BCUT2D eigenvalue weighted by atomic mass is 10.1. The Morgan fingerprint density at radius 1 is 0.935 bits per heavy atom. The zero-order chi connectivity index (χ0) is 21.6. The number of nitrogens with one attached hydrogen (secondary N) is 1. The second-order valence-electron chi connectivity index (χ2n) is 6.88.